The van der Waals surface area contributed by atoms with E-state index in [1.54, 1.807) is 26.0 Å². The number of esters is 1. The van der Waals surface area contributed by atoms with Crippen LogP contribution in [0.3, 0.4) is 0 Å². The van der Waals surface area contributed by atoms with E-state index in [1.807, 2.05) is 6.07 Å². The van der Waals surface area contributed by atoms with Gasteiger partial charge in [0, 0.05) is 43.5 Å². The number of ether oxygens (including phenoxy) is 1. The summed E-state index contributed by atoms with van der Waals surface area (Å²) in [5, 5.41) is 10.9. The Kier molecular flexibility index (Phi) is 5.92. The van der Waals surface area contributed by atoms with Crippen molar-refractivity contribution < 1.29 is 14.5 Å². The third kappa shape index (κ3) is 4.66. The molecule has 7 heteroatoms. The van der Waals surface area contributed by atoms with Gasteiger partial charge in [-0.15, -0.1) is 0 Å². The van der Waals surface area contributed by atoms with E-state index in [9.17, 15) is 14.9 Å². The minimum absolute atomic E-state index is 0.146. The Labute approximate surface area is 136 Å². The van der Waals surface area contributed by atoms with Gasteiger partial charge in [-0.2, -0.15) is 0 Å². The molecule has 1 fully saturated rings. The van der Waals surface area contributed by atoms with Crippen molar-refractivity contribution in [3.63, 3.8) is 0 Å². The zero-order valence-corrected chi connectivity index (χ0v) is 13.7. The number of carbonyl (C=O) groups is 1. The van der Waals surface area contributed by atoms with E-state index in [0.29, 0.717) is 18.7 Å². The Bertz CT molecular complexity index is 576. The van der Waals surface area contributed by atoms with E-state index in [2.05, 4.69) is 9.80 Å². The van der Waals surface area contributed by atoms with E-state index in [4.69, 9.17) is 4.74 Å². The van der Waals surface area contributed by atoms with E-state index in [0.717, 1.165) is 38.3 Å². The molecule has 0 aromatic heterocycles. The Morgan fingerprint density at radius 1 is 1.30 bits per heavy atom. The number of carbonyl (C=O) groups excluding carboxylic acids is 1. The maximum Gasteiger partial charge on any atom is 0.320 e. The van der Waals surface area contributed by atoms with Crippen LogP contribution in [-0.4, -0.2) is 55.1 Å². The fraction of sp³-hybridized carbons (Fsp3) is 0.562. The first-order valence-corrected chi connectivity index (χ1v) is 7.89. The Balaban J connectivity index is 1.99. The van der Waals surface area contributed by atoms with Crippen LogP contribution in [0, 0.1) is 17.0 Å². The molecule has 0 aliphatic carbocycles. The average Bonchev–Trinajstić information content (AvgIpc) is 2.72. The summed E-state index contributed by atoms with van der Waals surface area (Å²) in [6.45, 7) is 7.57. The molecule has 1 aliphatic rings. The number of hydrogen-bond acceptors (Lipinski definition) is 6. The number of benzene rings is 1. The Morgan fingerprint density at radius 2 is 2.09 bits per heavy atom. The first-order chi connectivity index (χ1) is 11.0. The molecular formula is C16H23N3O4. The predicted octanol–water partition coefficient (Wildman–Crippen LogP) is 1.98. The monoisotopic (exact) mass is 321 g/mol. The molecule has 1 heterocycles. The summed E-state index contributed by atoms with van der Waals surface area (Å²) < 4.78 is 4.99. The summed E-state index contributed by atoms with van der Waals surface area (Å²) in [7, 11) is 0. The highest BCUT2D eigenvalue weighted by molar-refractivity contribution is 5.71. The molecule has 1 saturated heterocycles. The maximum atomic E-state index is 11.6. The smallest absolute Gasteiger partial charge is 0.320 e. The van der Waals surface area contributed by atoms with Gasteiger partial charge in [-0.25, -0.2) is 0 Å². The fourth-order valence-electron chi connectivity index (χ4n) is 2.82. The van der Waals surface area contributed by atoms with Gasteiger partial charge < -0.3 is 9.64 Å². The van der Waals surface area contributed by atoms with Crippen LogP contribution in [0.2, 0.25) is 0 Å². The second-order valence-electron chi connectivity index (χ2n) is 5.65. The highest BCUT2D eigenvalue weighted by atomic mass is 16.6. The van der Waals surface area contributed by atoms with Crippen molar-refractivity contribution in [3.8, 4) is 0 Å². The third-order valence-electron chi connectivity index (χ3n) is 3.99. The quantitative estimate of drug-likeness (QED) is 0.469. The van der Waals surface area contributed by atoms with E-state index in [-0.39, 0.29) is 16.6 Å². The van der Waals surface area contributed by atoms with Crippen LogP contribution in [0.1, 0.15) is 18.9 Å². The largest absolute Gasteiger partial charge is 0.465 e. The standard InChI is InChI=1S/C16H23N3O4/c1-3-23-16(20)12-17-7-4-8-18(10-9-17)14-5-6-15(19(21)22)13(2)11-14/h5-6,11H,3-4,7-10,12H2,1-2H3. The number of aryl methyl sites for hydroxylation is 1. The van der Waals surface area contributed by atoms with Gasteiger partial charge in [-0.05, 0) is 32.4 Å². The van der Waals surface area contributed by atoms with Crippen LogP contribution in [0.15, 0.2) is 18.2 Å². The summed E-state index contributed by atoms with van der Waals surface area (Å²) in [4.78, 5) is 26.4. The van der Waals surface area contributed by atoms with Crippen molar-refractivity contribution >= 4 is 17.3 Å². The Morgan fingerprint density at radius 3 is 2.74 bits per heavy atom. The minimum Gasteiger partial charge on any atom is -0.465 e. The molecule has 126 valence electrons. The number of nitro benzene ring substituents is 1. The lowest BCUT2D eigenvalue weighted by atomic mass is 10.1. The van der Waals surface area contributed by atoms with Crippen molar-refractivity contribution in [2.75, 3.05) is 44.2 Å². The van der Waals surface area contributed by atoms with Gasteiger partial charge in [-0.1, -0.05) is 0 Å². The molecular weight excluding hydrogens is 298 g/mol. The lowest BCUT2D eigenvalue weighted by molar-refractivity contribution is -0.385. The summed E-state index contributed by atoms with van der Waals surface area (Å²) >= 11 is 0. The van der Waals surface area contributed by atoms with Crippen LogP contribution in [0.4, 0.5) is 11.4 Å². The molecule has 23 heavy (non-hydrogen) atoms. The summed E-state index contributed by atoms with van der Waals surface area (Å²) in [5.74, 6) is -0.188. The van der Waals surface area contributed by atoms with Crippen LogP contribution in [0.25, 0.3) is 0 Å². The second-order valence-corrected chi connectivity index (χ2v) is 5.65. The molecule has 0 spiro atoms. The van der Waals surface area contributed by atoms with Crippen LogP contribution >= 0.6 is 0 Å². The summed E-state index contributed by atoms with van der Waals surface area (Å²) in [6.07, 6.45) is 0.940. The van der Waals surface area contributed by atoms with Gasteiger partial charge in [0.2, 0.25) is 0 Å². The summed E-state index contributed by atoms with van der Waals surface area (Å²) in [6, 6.07) is 5.22. The first-order valence-electron chi connectivity index (χ1n) is 7.89. The molecule has 1 aliphatic heterocycles. The highest BCUT2D eigenvalue weighted by Crippen LogP contribution is 2.25. The number of hydrogen-bond donors (Lipinski definition) is 0. The SMILES string of the molecule is CCOC(=O)CN1CCCN(c2ccc([N+](=O)[O-])c(C)c2)CC1. The molecule has 0 unspecified atom stereocenters. The molecule has 7 nitrogen and oxygen atoms in total. The van der Waals surface area contributed by atoms with Gasteiger partial charge in [0.1, 0.15) is 0 Å². The molecule has 0 N–H and O–H groups in total. The van der Waals surface area contributed by atoms with Crippen molar-refractivity contribution in [2.24, 2.45) is 0 Å². The van der Waals surface area contributed by atoms with E-state index < -0.39 is 0 Å². The molecule has 0 radical (unpaired) electrons. The number of nitrogens with zero attached hydrogens (tertiary/aromatic N) is 3. The van der Waals surface area contributed by atoms with Gasteiger partial charge in [0.25, 0.3) is 5.69 Å². The fourth-order valence-corrected chi connectivity index (χ4v) is 2.82. The first kappa shape index (κ1) is 17.2. The molecule has 1 aromatic rings. The van der Waals surface area contributed by atoms with Crippen molar-refractivity contribution in [2.45, 2.75) is 20.3 Å². The third-order valence-corrected chi connectivity index (χ3v) is 3.99. The highest BCUT2D eigenvalue weighted by Gasteiger charge is 2.19. The lowest BCUT2D eigenvalue weighted by Crippen LogP contribution is -2.35. The topological polar surface area (TPSA) is 75.9 Å². The van der Waals surface area contributed by atoms with E-state index >= 15 is 0 Å². The number of nitro groups is 1. The maximum absolute atomic E-state index is 11.6. The van der Waals surface area contributed by atoms with Crippen molar-refractivity contribution in [3.05, 3.63) is 33.9 Å². The second kappa shape index (κ2) is 7.92. The van der Waals surface area contributed by atoms with Gasteiger partial charge in [-0.3, -0.25) is 19.8 Å². The van der Waals surface area contributed by atoms with Crippen molar-refractivity contribution in [1.82, 2.24) is 4.90 Å². The normalized spacial score (nSPS) is 16.0. The predicted molar refractivity (Wildman–Crippen MR) is 87.7 cm³/mol. The number of anilines is 1. The average molecular weight is 321 g/mol. The van der Waals surface area contributed by atoms with Crippen LogP contribution < -0.4 is 4.90 Å². The van der Waals surface area contributed by atoms with Crippen LogP contribution in [0.5, 0.6) is 0 Å². The lowest BCUT2D eigenvalue weighted by Gasteiger charge is -2.23. The van der Waals surface area contributed by atoms with Crippen LogP contribution in [-0.2, 0) is 9.53 Å². The molecule has 0 atom stereocenters. The minimum atomic E-state index is -0.359. The molecule has 2 rings (SSSR count). The Hall–Kier alpha value is -2.15. The van der Waals surface area contributed by atoms with Gasteiger partial charge in [0.15, 0.2) is 0 Å². The molecule has 0 saturated carbocycles. The van der Waals surface area contributed by atoms with E-state index in [1.165, 1.54) is 0 Å². The molecule has 0 bridgehead atoms. The van der Waals surface area contributed by atoms with Crippen molar-refractivity contribution in [1.29, 1.82) is 0 Å². The number of rotatable bonds is 5. The van der Waals surface area contributed by atoms with Gasteiger partial charge >= 0.3 is 5.97 Å². The summed E-state index contributed by atoms with van der Waals surface area (Å²) in [5.41, 5.74) is 1.80. The zero-order chi connectivity index (χ0) is 16.8. The van der Waals surface area contributed by atoms with Gasteiger partial charge in [0.05, 0.1) is 18.1 Å². The molecule has 1 aromatic carbocycles. The zero-order valence-electron chi connectivity index (χ0n) is 13.7. The molecule has 0 amide bonds.